The van der Waals surface area contributed by atoms with Crippen molar-refractivity contribution < 1.29 is 18.8 Å². The Morgan fingerprint density at radius 2 is 2.10 bits per heavy atom. The molecule has 160 valence electrons. The van der Waals surface area contributed by atoms with E-state index in [0.29, 0.717) is 17.3 Å². The average Bonchev–Trinajstić information content (AvgIpc) is 3.49. The number of nitrogens with zero attached hydrogens (tertiary/aromatic N) is 4. The van der Waals surface area contributed by atoms with Crippen molar-refractivity contribution in [3.05, 3.63) is 53.2 Å². The molecule has 0 radical (unpaired) electrons. The third-order valence-corrected chi connectivity index (χ3v) is 5.83. The van der Waals surface area contributed by atoms with Crippen LogP contribution in [0.3, 0.4) is 0 Å². The lowest BCUT2D eigenvalue weighted by atomic mass is 9.95. The standard InChI is InChI=1S/C22H23N5O4/c1-12-3-4-14(10-23-12)21-16(13(2)31-27-21)11-29-20-8-6-17(25-26-20)22(28)24-18-9-15-5-7-19(18)30-15/h3-4,6,8,10,15,18-19H,5,7,9,11H2,1-2H3,(H,24,28)/t15?,18-,19?/m0/s1. The van der Waals surface area contributed by atoms with Crippen molar-refractivity contribution in [1.29, 1.82) is 0 Å². The van der Waals surface area contributed by atoms with Crippen LogP contribution in [0.2, 0.25) is 0 Å². The molecule has 1 amide bonds. The molecule has 0 saturated carbocycles. The van der Waals surface area contributed by atoms with Crippen molar-refractivity contribution in [3.8, 4) is 17.1 Å². The number of ether oxygens (including phenoxy) is 2. The highest BCUT2D eigenvalue weighted by Gasteiger charge is 2.41. The lowest BCUT2D eigenvalue weighted by molar-refractivity contribution is 0.0836. The predicted molar refractivity (Wildman–Crippen MR) is 109 cm³/mol. The largest absolute Gasteiger partial charge is 0.472 e. The third-order valence-electron chi connectivity index (χ3n) is 5.83. The summed E-state index contributed by atoms with van der Waals surface area (Å²) in [6.45, 7) is 3.96. The normalized spacial score (nSPS) is 21.9. The summed E-state index contributed by atoms with van der Waals surface area (Å²) in [5.41, 5.74) is 3.52. The van der Waals surface area contributed by atoms with Crippen molar-refractivity contribution in [2.75, 3.05) is 0 Å². The molecule has 0 spiro atoms. The smallest absolute Gasteiger partial charge is 0.272 e. The van der Waals surface area contributed by atoms with Crippen LogP contribution in [-0.4, -0.2) is 44.5 Å². The summed E-state index contributed by atoms with van der Waals surface area (Å²) in [6.07, 6.45) is 5.09. The van der Waals surface area contributed by atoms with Gasteiger partial charge in [-0.05, 0) is 51.3 Å². The quantitative estimate of drug-likeness (QED) is 0.647. The van der Waals surface area contributed by atoms with E-state index in [9.17, 15) is 4.79 Å². The second-order valence-corrected chi connectivity index (χ2v) is 7.99. The second kappa shape index (κ2) is 8.07. The van der Waals surface area contributed by atoms with Gasteiger partial charge in [0.25, 0.3) is 5.91 Å². The molecule has 0 aliphatic carbocycles. The van der Waals surface area contributed by atoms with Crippen LogP contribution < -0.4 is 10.1 Å². The SMILES string of the molecule is Cc1ccc(-c2noc(C)c2COc2ccc(C(=O)N[C@H]3CC4CCC3O4)nn2)cn1. The Morgan fingerprint density at radius 1 is 1.19 bits per heavy atom. The Bertz CT molecular complexity index is 1080. The topological polar surface area (TPSA) is 112 Å². The minimum Gasteiger partial charge on any atom is -0.472 e. The van der Waals surface area contributed by atoms with Crippen LogP contribution in [0.1, 0.15) is 46.8 Å². The first-order chi connectivity index (χ1) is 15.1. The van der Waals surface area contributed by atoms with Crippen LogP contribution in [0, 0.1) is 13.8 Å². The maximum Gasteiger partial charge on any atom is 0.272 e. The number of pyridine rings is 1. The average molecular weight is 421 g/mol. The maximum atomic E-state index is 12.5. The second-order valence-electron chi connectivity index (χ2n) is 7.99. The van der Waals surface area contributed by atoms with Gasteiger partial charge in [-0.2, -0.15) is 0 Å². The zero-order valence-electron chi connectivity index (χ0n) is 17.4. The number of aryl methyl sites for hydroxylation is 2. The summed E-state index contributed by atoms with van der Waals surface area (Å²) in [6, 6.07) is 7.15. The van der Waals surface area contributed by atoms with Crippen LogP contribution in [0.4, 0.5) is 0 Å². The fraction of sp³-hybridized carbons (Fsp3) is 0.409. The van der Waals surface area contributed by atoms with Gasteiger partial charge in [0.15, 0.2) is 5.69 Å². The molecule has 2 unspecified atom stereocenters. The van der Waals surface area contributed by atoms with Crippen LogP contribution in [0.15, 0.2) is 35.0 Å². The van der Waals surface area contributed by atoms with Gasteiger partial charge in [-0.15, -0.1) is 10.2 Å². The fourth-order valence-electron chi connectivity index (χ4n) is 4.09. The van der Waals surface area contributed by atoms with Crippen LogP contribution in [0.5, 0.6) is 5.88 Å². The molecule has 3 aromatic heterocycles. The number of amides is 1. The summed E-state index contributed by atoms with van der Waals surface area (Å²) < 4.78 is 16.9. The Hall–Kier alpha value is -3.33. The molecule has 2 aliphatic heterocycles. The molecule has 9 heteroatoms. The van der Waals surface area contributed by atoms with Gasteiger partial charge in [0, 0.05) is 23.5 Å². The predicted octanol–water partition coefficient (Wildman–Crippen LogP) is 2.77. The molecule has 2 saturated heterocycles. The lowest BCUT2D eigenvalue weighted by Crippen LogP contribution is -2.41. The number of rotatable bonds is 6. The number of nitrogens with one attached hydrogen (secondary N) is 1. The minimum atomic E-state index is -0.246. The summed E-state index contributed by atoms with van der Waals surface area (Å²) in [5, 5.41) is 15.2. The highest BCUT2D eigenvalue weighted by molar-refractivity contribution is 5.92. The van der Waals surface area contributed by atoms with Crippen molar-refractivity contribution in [3.63, 3.8) is 0 Å². The summed E-state index contributed by atoms with van der Waals surface area (Å²) in [4.78, 5) is 16.8. The zero-order valence-corrected chi connectivity index (χ0v) is 17.4. The number of carbonyl (C=O) groups is 1. The van der Waals surface area contributed by atoms with E-state index in [2.05, 4.69) is 25.7 Å². The van der Waals surface area contributed by atoms with E-state index in [1.807, 2.05) is 26.0 Å². The fourth-order valence-corrected chi connectivity index (χ4v) is 4.09. The molecule has 5 heterocycles. The molecule has 2 aliphatic rings. The van der Waals surface area contributed by atoms with Gasteiger partial charge in [0.05, 0.1) is 23.8 Å². The van der Waals surface area contributed by atoms with Gasteiger partial charge in [0.1, 0.15) is 18.1 Å². The number of hydrogen-bond acceptors (Lipinski definition) is 8. The van der Waals surface area contributed by atoms with Gasteiger partial charge < -0.3 is 19.3 Å². The number of hydrogen-bond donors (Lipinski definition) is 1. The van der Waals surface area contributed by atoms with Crippen molar-refractivity contribution in [1.82, 2.24) is 25.7 Å². The van der Waals surface area contributed by atoms with Crippen molar-refractivity contribution in [2.24, 2.45) is 0 Å². The molecule has 2 bridgehead atoms. The van der Waals surface area contributed by atoms with Crippen molar-refractivity contribution >= 4 is 5.91 Å². The van der Waals surface area contributed by atoms with Gasteiger partial charge in [-0.25, -0.2) is 0 Å². The lowest BCUT2D eigenvalue weighted by Gasteiger charge is -2.19. The first kappa shape index (κ1) is 19.6. The van der Waals surface area contributed by atoms with Crippen LogP contribution >= 0.6 is 0 Å². The van der Waals surface area contributed by atoms with Gasteiger partial charge in [-0.3, -0.25) is 9.78 Å². The minimum absolute atomic E-state index is 0.0511. The Kier molecular flexibility index (Phi) is 5.11. The molecular formula is C22H23N5O4. The first-order valence-corrected chi connectivity index (χ1v) is 10.4. The van der Waals surface area contributed by atoms with E-state index >= 15 is 0 Å². The molecule has 5 rings (SSSR count). The van der Waals surface area contributed by atoms with E-state index in [0.717, 1.165) is 36.1 Å². The molecule has 0 aromatic carbocycles. The van der Waals surface area contributed by atoms with E-state index < -0.39 is 0 Å². The van der Waals surface area contributed by atoms with Crippen LogP contribution in [0.25, 0.3) is 11.3 Å². The highest BCUT2D eigenvalue weighted by Crippen LogP contribution is 2.34. The molecule has 9 nitrogen and oxygen atoms in total. The molecule has 3 aromatic rings. The Labute approximate surface area is 179 Å². The van der Waals surface area contributed by atoms with Crippen molar-refractivity contribution in [2.45, 2.75) is 58.0 Å². The summed E-state index contributed by atoms with van der Waals surface area (Å²) in [5.74, 6) is 0.727. The summed E-state index contributed by atoms with van der Waals surface area (Å²) >= 11 is 0. The first-order valence-electron chi connectivity index (χ1n) is 10.4. The van der Waals surface area contributed by atoms with E-state index in [1.54, 1.807) is 18.3 Å². The van der Waals surface area contributed by atoms with Gasteiger partial charge >= 0.3 is 0 Å². The van der Waals surface area contributed by atoms with Gasteiger partial charge in [0.2, 0.25) is 5.88 Å². The molecular weight excluding hydrogens is 398 g/mol. The van der Waals surface area contributed by atoms with E-state index in [-0.39, 0.29) is 36.5 Å². The number of fused-ring (bicyclic) bond motifs is 2. The molecule has 1 N–H and O–H groups in total. The monoisotopic (exact) mass is 421 g/mol. The zero-order chi connectivity index (χ0) is 21.4. The van der Waals surface area contributed by atoms with Crippen LogP contribution in [-0.2, 0) is 11.3 Å². The Balaban J connectivity index is 1.22. The van der Waals surface area contributed by atoms with E-state index in [4.69, 9.17) is 14.0 Å². The van der Waals surface area contributed by atoms with Gasteiger partial charge in [-0.1, -0.05) is 5.16 Å². The summed E-state index contributed by atoms with van der Waals surface area (Å²) in [7, 11) is 0. The number of carbonyl (C=O) groups excluding carboxylic acids is 1. The Morgan fingerprint density at radius 3 is 2.77 bits per heavy atom. The molecule has 31 heavy (non-hydrogen) atoms. The number of aromatic nitrogens is 4. The maximum absolute atomic E-state index is 12.5. The third kappa shape index (κ3) is 4.00. The van der Waals surface area contributed by atoms with E-state index in [1.165, 1.54) is 0 Å². The molecule has 2 fully saturated rings. The molecule has 3 atom stereocenters. The highest BCUT2D eigenvalue weighted by atomic mass is 16.5.